The summed E-state index contributed by atoms with van der Waals surface area (Å²) < 4.78 is 18.3. The molecule has 0 bridgehead atoms. The lowest BCUT2D eigenvalue weighted by Gasteiger charge is -2.24. The van der Waals surface area contributed by atoms with E-state index in [4.69, 9.17) is 4.74 Å². The van der Waals surface area contributed by atoms with Gasteiger partial charge in [0.2, 0.25) is 5.13 Å². The van der Waals surface area contributed by atoms with E-state index in [0.717, 1.165) is 40.8 Å². The Morgan fingerprint density at radius 2 is 1.88 bits per heavy atom. The molecule has 1 aliphatic heterocycles. The lowest BCUT2D eigenvalue weighted by atomic mass is 10.0. The molecular weight excluding hydrogens is 349 g/mol. The highest BCUT2D eigenvalue weighted by Gasteiger charge is 2.28. The Hall–Kier alpha value is -2.47. The Morgan fingerprint density at radius 3 is 2.62 bits per heavy atom. The second-order valence-electron chi connectivity index (χ2n) is 6.41. The molecule has 1 saturated heterocycles. The first-order valence-electron chi connectivity index (χ1n) is 8.70. The summed E-state index contributed by atoms with van der Waals surface area (Å²) in [4.78, 5) is 2.34. The first-order valence-corrected chi connectivity index (χ1v) is 9.52. The van der Waals surface area contributed by atoms with E-state index >= 15 is 0 Å². The fourth-order valence-electron chi connectivity index (χ4n) is 3.38. The van der Waals surface area contributed by atoms with Crippen molar-refractivity contribution in [3.05, 3.63) is 70.5 Å². The zero-order valence-corrected chi connectivity index (χ0v) is 15.4. The van der Waals surface area contributed by atoms with Crippen LogP contribution < -0.4 is 9.64 Å². The molecule has 3 aromatic rings. The van der Waals surface area contributed by atoms with Gasteiger partial charge in [-0.05, 0) is 48.2 Å². The number of rotatable bonds is 5. The SMILES string of the molecule is COc1ccc(C2CCCN2c2nnc(Cc3ccc(F)cc3)s2)cc1. The highest BCUT2D eigenvalue weighted by atomic mass is 32.1. The molecule has 0 spiro atoms. The summed E-state index contributed by atoms with van der Waals surface area (Å²) in [6.07, 6.45) is 2.93. The third kappa shape index (κ3) is 3.55. The smallest absolute Gasteiger partial charge is 0.208 e. The number of benzene rings is 2. The van der Waals surface area contributed by atoms with Crippen molar-refractivity contribution in [3.8, 4) is 5.75 Å². The Morgan fingerprint density at radius 1 is 1.12 bits per heavy atom. The van der Waals surface area contributed by atoms with Gasteiger partial charge >= 0.3 is 0 Å². The van der Waals surface area contributed by atoms with Crippen LogP contribution in [-0.2, 0) is 6.42 Å². The molecule has 26 heavy (non-hydrogen) atoms. The largest absolute Gasteiger partial charge is 0.497 e. The molecule has 0 saturated carbocycles. The van der Waals surface area contributed by atoms with Gasteiger partial charge in [-0.15, -0.1) is 10.2 Å². The van der Waals surface area contributed by atoms with Crippen LogP contribution in [0.25, 0.3) is 0 Å². The Bertz CT molecular complexity index is 864. The first-order chi connectivity index (χ1) is 12.7. The topological polar surface area (TPSA) is 38.2 Å². The quantitative estimate of drug-likeness (QED) is 0.658. The first kappa shape index (κ1) is 17.0. The van der Waals surface area contributed by atoms with E-state index in [-0.39, 0.29) is 5.82 Å². The predicted octanol–water partition coefficient (Wildman–Crippen LogP) is 4.62. The summed E-state index contributed by atoms with van der Waals surface area (Å²) in [5.41, 5.74) is 2.32. The molecule has 0 radical (unpaired) electrons. The minimum Gasteiger partial charge on any atom is -0.497 e. The minimum absolute atomic E-state index is 0.217. The third-order valence-corrected chi connectivity index (χ3v) is 5.68. The lowest BCUT2D eigenvalue weighted by Crippen LogP contribution is -2.22. The van der Waals surface area contributed by atoms with Crippen molar-refractivity contribution in [2.45, 2.75) is 25.3 Å². The number of nitrogens with zero attached hydrogens (tertiary/aromatic N) is 3. The predicted molar refractivity (Wildman–Crippen MR) is 101 cm³/mol. The van der Waals surface area contributed by atoms with E-state index in [0.29, 0.717) is 12.5 Å². The zero-order chi connectivity index (χ0) is 17.9. The lowest BCUT2D eigenvalue weighted by molar-refractivity contribution is 0.414. The van der Waals surface area contributed by atoms with Crippen molar-refractivity contribution < 1.29 is 9.13 Å². The van der Waals surface area contributed by atoms with Crippen LogP contribution in [0.5, 0.6) is 5.75 Å². The number of aromatic nitrogens is 2. The van der Waals surface area contributed by atoms with Gasteiger partial charge in [0.25, 0.3) is 0 Å². The molecule has 1 aromatic heterocycles. The van der Waals surface area contributed by atoms with Crippen LogP contribution in [0.1, 0.15) is 35.0 Å². The van der Waals surface area contributed by atoms with Crippen molar-refractivity contribution in [2.75, 3.05) is 18.6 Å². The number of halogens is 1. The number of hydrogen-bond donors (Lipinski definition) is 0. The van der Waals surface area contributed by atoms with Crippen molar-refractivity contribution >= 4 is 16.5 Å². The number of hydrogen-bond acceptors (Lipinski definition) is 5. The average molecular weight is 369 g/mol. The minimum atomic E-state index is -0.217. The molecular formula is C20H20FN3OS. The Labute approximate surface area is 156 Å². The average Bonchev–Trinajstić information content (AvgIpc) is 3.33. The fourth-order valence-corrected chi connectivity index (χ4v) is 4.33. The van der Waals surface area contributed by atoms with Crippen LogP contribution in [0, 0.1) is 5.82 Å². The fraction of sp³-hybridized carbons (Fsp3) is 0.300. The van der Waals surface area contributed by atoms with Gasteiger partial charge in [0.1, 0.15) is 16.6 Å². The molecule has 1 aliphatic rings. The van der Waals surface area contributed by atoms with Gasteiger partial charge in [0.15, 0.2) is 0 Å². The van der Waals surface area contributed by atoms with E-state index in [1.165, 1.54) is 17.7 Å². The molecule has 4 nitrogen and oxygen atoms in total. The van der Waals surface area contributed by atoms with Gasteiger partial charge in [0, 0.05) is 13.0 Å². The molecule has 6 heteroatoms. The molecule has 4 rings (SSSR count). The van der Waals surface area contributed by atoms with Gasteiger partial charge in [0.05, 0.1) is 13.2 Å². The summed E-state index contributed by atoms with van der Waals surface area (Å²) in [6.45, 7) is 0.988. The molecule has 1 fully saturated rings. The van der Waals surface area contributed by atoms with E-state index < -0.39 is 0 Å². The normalized spacial score (nSPS) is 16.8. The van der Waals surface area contributed by atoms with Crippen LogP contribution in [0.3, 0.4) is 0 Å². The molecule has 2 aromatic carbocycles. The van der Waals surface area contributed by atoms with E-state index in [9.17, 15) is 4.39 Å². The maximum absolute atomic E-state index is 13.0. The zero-order valence-electron chi connectivity index (χ0n) is 14.6. The molecule has 1 unspecified atom stereocenters. The van der Waals surface area contributed by atoms with Crippen LogP contribution in [0.2, 0.25) is 0 Å². The molecule has 1 atom stereocenters. The van der Waals surface area contributed by atoms with Gasteiger partial charge < -0.3 is 9.64 Å². The number of ether oxygens (including phenoxy) is 1. The summed E-state index contributed by atoms with van der Waals surface area (Å²) in [5, 5.41) is 10.7. The van der Waals surface area contributed by atoms with Crippen LogP contribution >= 0.6 is 11.3 Å². The van der Waals surface area contributed by atoms with Gasteiger partial charge in [-0.3, -0.25) is 0 Å². The molecule has 0 aliphatic carbocycles. The number of methoxy groups -OCH3 is 1. The van der Waals surface area contributed by atoms with E-state index in [1.807, 2.05) is 12.1 Å². The highest BCUT2D eigenvalue weighted by molar-refractivity contribution is 7.15. The number of anilines is 1. The highest BCUT2D eigenvalue weighted by Crippen LogP contribution is 2.38. The van der Waals surface area contributed by atoms with Crippen LogP contribution in [0.15, 0.2) is 48.5 Å². The molecule has 0 amide bonds. The van der Waals surface area contributed by atoms with Crippen molar-refractivity contribution in [1.29, 1.82) is 0 Å². The Balaban J connectivity index is 1.51. The summed E-state index contributed by atoms with van der Waals surface area (Å²) in [7, 11) is 1.68. The van der Waals surface area contributed by atoms with Crippen LogP contribution in [-0.4, -0.2) is 23.9 Å². The third-order valence-electron chi connectivity index (χ3n) is 4.72. The second-order valence-corrected chi connectivity index (χ2v) is 7.45. The van der Waals surface area contributed by atoms with Crippen molar-refractivity contribution in [3.63, 3.8) is 0 Å². The monoisotopic (exact) mass is 369 g/mol. The molecule has 2 heterocycles. The van der Waals surface area contributed by atoms with E-state index in [2.05, 4.69) is 27.2 Å². The van der Waals surface area contributed by atoms with Gasteiger partial charge in [-0.25, -0.2) is 4.39 Å². The molecule has 134 valence electrons. The summed E-state index contributed by atoms with van der Waals surface area (Å²) >= 11 is 1.62. The summed E-state index contributed by atoms with van der Waals surface area (Å²) in [6, 6.07) is 15.2. The van der Waals surface area contributed by atoms with Gasteiger partial charge in [-0.2, -0.15) is 0 Å². The van der Waals surface area contributed by atoms with Crippen molar-refractivity contribution in [2.24, 2.45) is 0 Å². The van der Waals surface area contributed by atoms with Crippen LogP contribution in [0.4, 0.5) is 9.52 Å². The van der Waals surface area contributed by atoms with E-state index in [1.54, 1.807) is 30.6 Å². The van der Waals surface area contributed by atoms with Gasteiger partial charge in [-0.1, -0.05) is 35.6 Å². The maximum Gasteiger partial charge on any atom is 0.208 e. The van der Waals surface area contributed by atoms with Crippen molar-refractivity contribution in [1.82, 2.24) is 10.2 Å². The molecule has 0 N–H and O–H groups in total. The maximum atomic E-state index is 13.0. The standard InChI is InChI=1S/C20H20FN3OS/c1-25-17-10-6-15(7-11-17)18-3-2-12-24(18)20-23-22-19(26-20)13-14-4-8-16(21)9-5-14/h4-11,18H,2-3,12-13H2,1H3. The Kier molecular flexibility index (Phi) is 4.84. The summed E-state index contributed by atoms with van der Waals surface area (Å²) in [5.74, 6) is 0.655. The second kappa shape index (κ2) is 7.41.